The van der Waals surface area contributed by atoms with Crippen molar-refractivity contribution in [2.24, 2.45) is 0 Å². The van der Waals surface area contributed by atoms with Gasteiger partial charge < -0.3 is 15.0 Å². The Morgan fingerprint density at radius 3 is 2.50 bits per heavy atom. The Hall–Kier alpha value is -2.11. The lowest BCUT2D eigenvalue weighted by atomic mass is 10.2. The van der Waals surface area contributed by atoms with Gasteiger partial charge in [-0.1, -0.05) is 11.6 Å². The first-order valence-corrected chi connectivity index (χ1v) is 7.46. The fraction of sp³-hybridized carbons (Fsp3) is 0.250. The van der Waals surface area contributed by atoms with Crippen molar-refractivity contribution in [2.45, 2.75) is 0 Å². The summed E-state index contributed by atoms with van der Waals surface area (Å²) in [5, 5.41) is 3.45. The number of halogens is 1. The van der Waals surface area contributed by atoms with Crippen molar-refractivity contribution in [3.05, 3.63) is 53.2 Å². The Morgan fingerprint density at radius 2 is 1.86 bits per heavy atom. The number of carbonyl (C=O) groups is 1. The van der Waals surface area contributed by atoms with Gasteiger partial charge in [0.25, 0.3) is 5.91 Å². The molecule has 1 aliphatic heterocycles. The van der Waals surface area contributed by atoms with Crippen molar-refractivity contribution in [3.8, 4) is 0 Å². The van der Waals surface area contributed by atoms with Gasteiger partial charge in [-0.05, 0) is 36.4 Å². The van der Waals surface area contributed by atoms with Gasteiger partial charge >= 0.3 is 0 Å². The van der Waals surface area contributed by atoms with Crippen LogP contribution in [0.2, 0.25) is 5.02 Å². The second-order valence-electron chi connectivity index (χ2n) is 4.97. The summed E-state index contributed by atoms with van der Waals surface area (Å²) in [7, 11) is 0. The third kappa shape index (κ3) is 3.55. The molecule has 0 spiro atoms. The molecular formula is C16H16ClN3O2. The fourth-order valence-electron chi connectivity index (χ4n) is 2.24. The molecule has 2 aromatic rings. The largest absolute Gasteiger partial charge is 0.378 e. The molecule has 0 saturated carbocycles. The summed E-state index contributed by atoms with van der Waals surface area (Å²) in [6, 6.07) is 10.6. The van der Waals surface area contributed by atoms with Crippen LogP contribution < -0.4 is 10.2 Å². The van der Waals surface area contributed by atoms with Gasteiger partial charge in [0.2, 0.25) is 0 Å². The van der Waals surface area contributed by atoms with Gasteiger partial charge in [0.1, 0.15) is 5.82 Å². The standard InChI is InChI=1S/C16H16ClN3O2/c17-13-2-4-14(5-3-13)19-16(21)12-1-6-15(18-11-12)20-7-9-22-10-8-20/h1-6,11H,7-10H2,(H,19,21). The number of amides is 1. The van der Waals surface area contributed by atoms with E-state index in [1.54, 1.807) is 36.5 Å². The lowest BCUT2D eigenvalue weighted by molar-refractivity contribution is 0.102. The first-order chi connectivity index (χ1) is 10.7. The second-order valence-corrected chi connectivity index (χ2v) is 5.40. The topological polar surface area (TPSA) is 54.5 Å². The number of pyridine rings is 1. The van der Waals surface area contributed by atoms with E-state index in [2.05, 4.69) is 15.2 Å². The summed E-state index contributed by atoms with van der Waals surface area (Å²) in [6.45, 7) is 3.06. The van der Waals surface area contributed by atoms with Gasteiger partial charge in [-0.25, -0.2) is 4.98 Å². The van der Waals surface area contributed by atoms with Gasteiger partial charge in [0.05, 0.1) is 18.8 Å². The van der Waals surface area contributed by atoms with Crippen LogP contribution in [0.5, 0.6) is 0 Å². The van der Waals surface area contributed by atoms with Crippen molar-refractivity contribution in [1.29, 1.82) is 0 Å². The third-order valence-electron chi connectivity index (χ3n) is 3.45. The first kappa shape index (κ1) is 14.8. The Balaban J connectivity index is 1.66. The summed E-state index contributed by atoms with van der Waals surface area (Å²) in [5.41, 5.74) is 1.22. The lowest BCUT2D eigenvalue weighted by Crippen LogP contribution is -2.36. The summed E-state index contributed by atoms with van der Waals surface area (Å²) < 4.78 is 5.31. The van der Waals surface area contributed by atoms with E-state index in [1.807, 2.05) is 6.07 Å². The van der Waals surface area contributed by atoms with E-state index in [4.69, 9.17) is 16.3 Å². The molecule has 0 atom stereocenters. The summed E-state index contributed by atoms with van der Waals surface area (Å²) in [5.74, 6) is 0.676. The van der Waals surface area contributed by atoms with Gasteiger partial charge in [0.15, 0.2) is 0 Å². The van der Waals surface area contributed by atoms with Crippen molar-refractivity contribution >= 4 is 29.0 Å². The zero-order valence-corrected chi connectivity index (χ0v) is 12.7. The molecule has 0 bridgehead atoms. The molecule has 1 amide bonds. The van der Waals surface area contributed by atoms with Crippen LogP contribution in [0.4, 0.5) is 11.5 Å². The minimum Gasteiger partial charge on any atom is -0.378 e. The van der Waals surface area contributed by atoms with Crippen molar-refractivity contribution < 1.29 is 9.53 Å². The predicted molar refractivity (Wildman–Crippen MR) is 86.7 cm³/mol. The molecule has 6 heteroatoms. The molecule has 1 fully saturated rings. The van der Waals surface area contributed by atoms with Crippen LogP contribution in [-0.2, 0) is 4.74 Å². The monoisotopic (exact) mass is 317 g/mol. The smallest absolute Gasteiger partial charge is 0.257 e. The average Bonchev–Trinajstić information content (AvgIpc) is 2.58. The van der Waals surface area contributed by atoms with Crippen LogP contribution in [0.25, 0.3) is 0 Å². The predicted octanol–water partition coefficient (Wildman–Crippen LogP) is 2.82. The van der Waals surface area contributed by atoms with Crippen molar-refractivity contribution in [1.82, 2.24) is 4.98 Å². The number of nitrogens with one attached hydrogen (secondary N) is 1. The maximum absolute atomic E-state index is 12.2. The van der Waals surface area contributed by atoms with Crippen molar-refractivity contribution in [3.63, 3.8) is 0 Å². The lowest BCUT2D eigenvalue weighted by Gasteiger charge is -2.27. The maximum Gasteiger partial charge on any atom is 0.257 e. The Bertz CT molecular complexity index is 637. The molecule has 22 heavy (non-hydrogen) atoms. The fourth-order valence-corrected chi connectivity index (χ4v) is 2.36. The molecule has 1 N–H and O–H groups in total. The highest BCUT2D eigenvalue weighted by atomic mass is 35.5. The molecule has 1 aliphatic rings. The molecule has 1 aromatic heterocycles. The quantitative estimate of drug-likeness (QED) is 0.946. The molecule has 0 aliphatic carbocycles. The summed E-state index contributed by atoms with van der Waals surface area (Å²) in [6.07, 6.45) is 1.59. The second kappa shape index (κ2) is 6.77. The number of ether oxygens (including phenoxy) is 1. The number of carbonyl (C=O) groups excluding carboxylic acids is 1. The van der Waals surface area contributed by atoms with Crippen molar-refractivity contribution in [2.75, 3.05) is 36.5 Å². The number of hydrogen-bond acceptors (Lipinski definition) is 4. The van der Waals surface area contributed by atoms with E-state index in [9.17, 15) is 4.79 Å². The maximum atomic E-state index is 12.2. The normalized spacial score (nSPS) is 14.7. The molecule has 5 nitrogen and oxygen atoms in total. The SMILES string of the molecule is O=C(Nc1ccc(Cl)cc1)c1ccc(N2CCOCC2)nc1. The number of morpholine rings is 1. The van der Waals surface area contributed by atoms with Gasteiger partial charge in [-0.2, -0.15) is 0 Å². The van der Waals surface area contributed by atoms with Crippen LogP contribution in [0.15, 0.2) is 42.6 Å². The molecule has 0 radical (unpaired) electrons. The number of rotatable bonds is 3. The van der Waals surface area contributed by atoms with E-state index >= 15 is 0 Å². The van der Waals surface area contributed by atoms with E-state index in [0.717, 1.165) is 18.9 Å². The number of hydrogen-bond donors (Lipinski definition) is 1. The minimum absolute atomic E-state index is 0.191. The van der Waals surface area contributed by atoms with E-state index in [-0.39, 0.29) is 5.91 Å². The van der Waals surface area contributed by atoms with Gasteiger partial charge in [0, 0.05) is 30.0 Å². The zero-order chi connectivity index (χ0) is 15.4. The van der Waals surface area contributed by atoms with Crippen LogP contribution in [-0.4, -0.2) is 37.2 Å². The molecule has 1 aromatic carbocycles. The van der Waals surface area contributed by atoms with E-state index < -0.39 is 0 Å². The summed E-state index contributed by atoms with van der Waals surface area (Å²) >= 11 is 5.82. The Labute approximate surface area is 133 Å². The third-order valence-corrected chi connectivity index (χ3v) is 3.70. The molecule has 114 valence electrons. The van der Waals surface area contributed by atoms with Crippen LogP contribution >= 0.6 is 11.6 Å². The first-order valence-electron chi connectivity index (χ1n) is 7.08. The minimum atomic E-state index is -0.191. The highest BCUT2D eigenvalue weighted by molar-refractivity contribution is 6.30. The van der Waals surface area contributed by atoms with E-state index in [0.29, 0.717) is 29.5 Å². The van der Waals surface area contributed by atoms with E-state index in [1.165, 1.54) is 0 Å². The highest BCUT2D eigenvalue weighted by Gasteiger charge is 2.13. The zero-order valence-electron chi connectivity index (χ0n) is 12.0. The van der Waals surface area contributed by atoms with Crippen LogP contribution in [0.3, 0.4) is 0 Å². The molecule has 0 unspecified atom stereocenters. The number of benzene rings is 1. The Morgan fingerprint density at radius 1 is 1.14 bits per heavy atom. The highest BCUT2D eigenvalue weighted by Crippen LogP contribution is 2.16. The molecule has 1 saturated heterocycles. The van der Waals surface area contributed by atoms with Gasteiger partial charge in [-0.15, -0.1) is 0 Å². The van der Waals surface area contributed by atoms with Crippen LogP contribution in [0.1, 0.15) is 10.4 Å². The molecule has 3 rings (SSSR count). The average molecular weight is 318 g/mol. The Kier molecular flexibility index (Phi) is 4.56. The number of nitrogens with zero attached hydrogens (tertiary/aromatic N) is 2. The number of aromatic nitrogens is 1. The van der Waals surface area contributed by atoms with Gasteiger partial charge in [-0.3, -0.25) is 4.79 Å². The van der Waals surface area contributed by atoms with Crippen LogP contribution in [0, 0.1) is 0 Å². The number of anilines is 2. The summed E-state index contributed by atoms with van der Waals surface area (Å²) in [4.78, 5) is 18.7. The molecule has 2 heterocycles. The molecular weight excluding hydrogens is 302 g/mol.